The zero-order chi connectivity index (χ0) is 16.1. The molecule has 1 fully saturated rings. The second-order valence-corrected chi connectivity index (χ2v) is 6.04. The van der Waals surface area contributed by atoms with E-state index in [9.17, 15) is 14.4 Å². The van der Waals surface area contributed by atoms with Crippen LogP contribution in [0.3, 0.4) is 0 Å². The standard InChI is InChI=1S/C14H19N3O4S/c1-9(18)15-14-16-11(8-22-14)7-12(19)17-5-3-10(4-6-17)13(20)21-2/h8,10H,3-7H2,1-2H3,(H,15,16,18). The van der Waals surface area contributed by atoms with Gasteiger partial charge < -0.3 is 15.0 Å². The summed E-state index contributed by atoms with van der Waals surface area (Å²) < 4.78 is 4.73. The van der Waals surface area contributed by atoms with E-state index >= 15 is 0 Å². The van der Waals surface area contributed by atoms with E-state index in [0.29, 0.717) is 36.8 Å². The number of nitrogens with zero attached hydrogens (tertiary/aromatic N) is 2. The highest BCUT2D eigenvalue weighted by atomic mass is 32.1. The number of anilines is 1. The third kappa shape index (κ3) is 4.27. The minimum absolute atomic E-state index is 0.0111. The lowest BCUT2D eigenvalue weighted by Crippen LogP contribution is -2.41. The van der Waals surface area contributed by atoms with Gasteiger partial charge in [-0.2, -0.15) is 0 Å². The summed E-state index contributed by atoms with van der Waals surface area (Å²) in [6.07, 6.45) is 1.47. The molecule has 0 saturated carbocycles. The highest BCUT2D eigenvalue weighted by Gasteiger charge is 2.28. The maximum atomic E-state index is 12.2. The van der Waals surface area contributed by atoms with E-state index in [4.69, 9.17) is 4.74 Å². The van der Waals surface area contributed by atoms with Gasteiger partial charge in [-0.15, -0.1) is 11.3 Å². The molecular formula is C14H19N3O4S. The summed E-state index contributed by atoms with van der Waals surface area (Å²) in [7, 11) is 1.38. The Bertz CT molecular complexity index is 564. The normalized spacial score (nSPS) is 15.5. The number of methoxy groups -OCH3 is 1. The Hall–Kier alpha value is -1.96. The quantitative estimate of drug-likeness (QED) is 0.836. The van der Waals surface area contributed by atoms with Crippen molar-refractivity contribution in [2.24, 2.45) is 5.92 Å². The Labute approximate surface area is 132 Å². The van der Waals surface area contributed by atoms with Gasteiger partial charge in [0, 0.05) is 25.4 Å². The first-order valence-corrected chi connectivity index (χ1v) is 7.95. The molecule has 8 heteroatoms. The lowest BCUT2D eigenvalue weighted by molar-refractivity contribution is -0.148. The third-order valence-corrected chi connectivity index (χ3v) is 4.36. The van der Waals surface area contributed by atoms with Crippen LogP contribution in [-0.4, -0.2) is 47.9 Å². The lowest BCUT2D eigenvalue weighted by atomic mass is 9.97. The van der Waals surface area contributed by atoms with Crippen molar-refractivity contribution in [2.75, 3.05) is 25.5 Å². The molecule has 120 valence electrons. The predicted octanol–water partition coefficient (Wildman–Crippen LogP) is 1.06. The molecule has 1 saturated heterocycles. The van der Waals surface area contributed by atoms with Crippen LogP contribution in [0.1, 0.15) is 25.5 Å². The van der Waals surface area contributed by atoms with Gasteiger partial charge in [-0.1, -0.05) is 0 Å². The van der Waals surface area contributed by atoms with Gasteiger partial charge in [0.1, 0.15) is 0 Å². The van der Waals surface area contributed by atoms with Crippen LogP contribution in [0.2, 0.25) is 0 Å². The number of amides is 2. The number of likely N-dealkylation sites (tertiary alicyclic amines) is 1. The van der Waals surface area contributed by atoms with Crippen molar-refractivity contribution in [1.29, 1.82) is 0 Å². The van der Waals surface area contributed by atoms with E-state index in [1.54, 1.807) is 10.3 Å². The number of piperidine rings is 1. The molecule has 1 aliphatic heterocycles. The number of rotatable bonds is 4. The number of carbonyl (C=O) groups is 3. The molecule has 0 aliphatic carbocycles. The zero-order valence-corrected chi connectivity index (χ0v) is 13.4. The summed E-state index contributed by atoms with van der Waals surface area (Å²) in [4.78, 5) is 40.6. The van der Waals surface area contributed by atoms with Crippen molar-refractivity contribution in [3.05, 3.63) is 11.1 Å². The number of thiazole rings is 1. The Kier molecular flexibility index (Phi) is 5.48. The van der Waals surface area contributed by atoms with Gasteiger partial charge in [-0.25, -0.2) is 4.98 Å². The van der Waals surface area contributed by atoms with Crippen molar-refractivity contribution >= 4 is 34.3 Å². The molecule has 0 aromatic carbocycles. The summed E-state index contributed by atoms with van der Waals surface area (Å²) in [6.45, 7) is 2.53. The van der Waals surface area contributed by atoms with Crippen LogP contribution in [0.4, 0.5) is 5.13 Å². The van der Waals surface area contributed by atoms with E-state index in [2.05, 4.69) is 10.3 Å². The van der Waals surface area contributed by atoms with Crippen LogP contribution in [0.25, 0.3) is 0 Å². The number of ether oxygens (including phenoxy) is 1. The average molecular weight is 325 g/mol. The SMILES string of the molecule is COC(=O)C1CCN(C(=O)Cc2csc(NC(C)=O)n2)CC1. The Morgan fingerprint density at radius 1 is 1.41 bits per heavy atom. The summed E-state index contributed by atoms with van der Waals surface area (Å²) in [5.41, 5.74) is 0.647. The van der Waals surface area contributed by atoms with Crippen molar-refractivity contribution < 1.29 is 19.1 Å². The molecule has 0 atom stereocenters. The summed E-state index contributed by atoms with van der Waals surface area (Å²) >= 11 is 1.30. The first-order chi connectivity index (χ1) is 10.5. The molecule has 0 unspecified atom stereocenters. The molecular weight excluding hydrogens is 306 g/mol. The summed E-state index contributed by atoms with van der Waals surface area (Å²) in [5.74, 6) is -0.508. The summed E-state index contributed by atoms with van der Waals surface area (Å²) in [6, 6.07) is 0. The van der Waals surface area contributed by atoms with Crippen LogP contribution in [-0.2, 0) is 25.5 Å². The molecule has 2 heterocycles. The van der Waals surface area contributed by atoms with E-state index in [1.165, 1.54) is 25.4 Å². The fraction of sp³-hybridized carbons (Fsp3) is 0.571. The van der Waals surface area contributed by atoms with Gasteiger partial charge in [0.2, 0.25) is 11.8 Å². The Balaban J connectivity index is 1.84. The molecule has 22 heavy (non-hydrogen) atoms. The second kappa shape index (κ2) is 7.35. The monoisotopic (exact) mass is 325 g/mol. The molecule has 1 aliphatic rings. The van der Waals surface area contributed by atoms with Gasteiger partial charge in [0.05, 0.1) is 25.1 Å². The van der Waals surface area contributed by atoms with Crippen molar-refractivity contribution in [2.45, 2.75) is 26.2 Å². The highest BCUT2D eigenvalue weighted by Crippen LogP contribution is 2.20. The van der Waals surface area contributed by atoms with Gasteiger partial charge in [-0.3, -0.25) is 14.4 Å². The van der Waals surface area contributed by atoms with Crippen molar-refractivity contribution in [3.8, 4) is 0 Å². The number of aromatic nitrogens is 1. The molecule has 2 amide bonds. The first kappa shape index (κ1) is 16.4. The first-order valence-electron chi connectivity index (χ1n) is 7.07. The zero-order valence-electron chi connectivity index (χ0n) is 12.6. The van der Waals surface area contributed by atoms with Crippen LogP contribution < -0.4 is 5.32 Å². The van der Waals surface area contributed by atoms with Gasteiger partial charge in [0.25, 0.3) is 0 Å². The molecule has 7 nitrogen and oxygen atoms in total. The molecule has 0 radical (unpaired) electrons. The Morgan fingerprint density at radius 3 is 2.68 bits per heavy atom. The van der Waals surface area contributed by atoms with Crippen molar-refractivity contribution in [3.63, 3.8) is 0 Å². The fourth-order valence-corrected chi connectivity index (χ4v) is 3.15. The maximum Gasteiger partial charge on any atom is 0.308 e. The Morgan fingerprint density at radius 2 is 2.09 bits per heavy atom. The summed E-state index contributed by atoms with van der Waals surface area (Å²) in [5, 5.41) is 4.86. The third-order valence-electron chi connectivity index (χ3n) is 3.55. The van der Waals surface area contributed by atoms with E-state index < -0.39 is 0 Å². The van der Waals surface area contributed by atoms with Crippen LogP contribution in [0.5, 0.6) is 0 Å². The molecule has 1 N–H and O–H groups in total. The van der Waals surface area contributed by atoms with Crippen LogP contribution in [0, 0.1) is 5.92 Å². The number of nitrogens with one attached hydrogen (secondary N) is 1. The number of hydrogen-bond donors (Lipinski definition) is 1. The van der Waals surface area contributed by atoms with Crippen molar-refractivity contribution in [1.82, 2.24) is 9.88 Å². The number of carbonyl (C=O) groups excluding carboxylic acids is 3. The van der Waals surface area contributed by atoms with Gasteiger partial charge in [0.15, 0.2) is 5.13 Å². The van der Waals surface area contributed by atoms with Gasteiger partial charge >= 0.3 is 5.97 Å². The average Bonchev–Trinajstić information content (AvgIpc) is 2.92. The number of esters is 1. The molecule has 1 aromatic heterocycles. The number of hydrogen-bond acceptors (Lipinski definition) is 6. The van der Waals surface area contributed by atoms with E-state index in [-0.39, 0.29) is 30.1 Å². The van der Waals surface area contributed by atoms with E-state index in [0.717, 1.165) is 0 Å². The second-order valence-electron chi connectivity index (χ2n) is 5.18. The minimum Gasteiger partial charge on any atom is -0.469 e. The van der Waals surface area contributed by atoms with Gasteiger partial charge in [-0.05, 0) is 12.8 Å². The highest BCUT2D eigenvalue weighted by molar-refractivity contribution is 7.13. The topological polar surface area (TPSA) is 88.6 Å². The minimum atomic E-state index is -0.202. The largest absolute Gasteiger partial charge is 0.469 e. The molecule has 1 aromatic rings. The fourth-order valence-electron chi connectivity index (χ4n) is 2.39. The lowest BCUT2D eigenvalue weighted by Gasteiger charge is -2.30. The molecule has 0 bridgehead atoms. The van der Waals surface area contributed by atoms with Crippen LogP contribution in [0.15, 0.2) is 5.38 Å². The smallest absolute Gasteiger partial charge is 0.308 e. The van der Waals surface area contributed by atoms with Crippen LogP contribution >= 0.6 is 11.3 Å². The van der Waals surface area contributed by atoms with E-state index in [1.807, 2.05) is 0 Å². The molecule has 0 spiro atoms. The maximum absolute atomic E-state index is 12.2. The predicted molar refractivity (Wildman–Crippen MR) is 81.4 cm³/mol. The molecule has 2 rings (SSSR count).